The number of pyridine rings is 1. The average molecular weight is 296 g/mol. The molecule has 0 aliphatic heterocycles. The van der Waals surface area contributed by atoms with E-state index in [1.807, 2.05) is 6.92 Å². The van der Waals surface area contributed by atoms with E-state index in [0.717, 1.165) is 18.7 Å². The first kappa shape index (κ1) is 16.3. The Kier molecular flexibility index (Phi) is 5.58. The van der Waals surface area contributed by atoms with Gasteiger partial charge in [-0.2, -0.15) is 0 Å². The van der Waals surface area contributed by atoms with Crippen LogP contribution in [-0.4, -0.2) is 32.9 Å². The molecule has 114 valence electrons. The van der Waals surface area contributed by atoms with Crippen molar-refractivity contribution < 1.29 is 19.6 Å². The van der Waals surface area contributed by atoms with Crippen molar-refractivity contribution in [2.45, 2.75) is 32.2 Å². The van der Waals surface area contributed by atoms with Crippen LogP contribution in [0, 0.1) is 10.1 Å². The fraction of sp³-hybridized carbons (Fsp3) is 0.417. The molecule has 0 bridgehead atoms. The fourth-order valence-corrected chi connectivity index (χ4v) is 1.77. The van der Waals surface area contributed by atoms with Crippen molar-refractivity contribution in [1.29, 1.82) is 0 Å². The number of amides is 1. The van der Waals surface area contributed by atoms with Crippen molar-refractivity contribution in [2.75, 3.05) is 5.32 Å². The highest BCUT2D eigenvalue weighted by molar-refractivity contribution is 5.99. The van der Waals surface area contributed by atoms with Crippen LogP contribution in [0.15, 0.2) is 12.3 Å². The number of primary amides is 1. The minimum absolute atomic E-state index is 0.278. The maximum atomic E-state index is 11.2. The van der Waals surface area contributed by atoms with Gasteiger partial charge < -0.3 is 16.2 Å². The molecular formula is C12H16N4O5. The molecule has 0 saturated carbocycles. The highest BCUT2D eigenvalue weighted by atomic mass is 16.6. The standard InChI is InChI=1S/C12H16N4O5/c1-2-3-4-8(12(18)19)15-11-9(16(20)21)7(10(13)17)5-6-14-11/h5-6,8H,2-4H2,1H3,(H2,13,17)(H,14,15)(H,18,19). The monoisotopic (exact) mass is 296 g/mol. The molecule has 0 radical (unpaired) electrons. The van der Waals surface area contributed by atoms with Gasteiger partial charge in [-0.15, -0.1) is 0 Å². The molecule has 21 heavy (non-hydrogen) atoms. The number of hydrogen-bond donors (Lipinski definition) is 3. The van der Waals surface area contributed by atoms with Gasteiger partial charge in [-0.05, 0) is 12.5 Å². The zero-order valence-corrected chi connectivity index (χ0v) is 11.4. The van der Waals surface area contributed by atoms with Crippen molar-refractivity contribution in [3.63, 3.8) is 0 Å². The lowest BCUT2D eigenvalue weighted by molar-refractivity contribution is -0.384. The summed E-state index contributed by atoms with van der Waals surface area (Å²) in [5, 5.41) is 22.7. The Morgan fingerprint density at radius 3 is 2.71 bits per heavy atom. The number of hydrogen-bond acceptors (Lipinski definition) is 6. The summed E-state index contributed by atoms with van der Waals surface area (Å²) in [7, 11) is 0. The van der Waals surface area contributed by atoms with Crippen LogP contribution in [0.5, 0.6) is 0 Å². The van der Waals surface area contributed by atoms with E-state index in [2.05, 4.69) is 10.3 Å². The lowest BCUT2D eigenvalue weighted by Gasteiger charge is -2.15. The van der Waals surface area contributed by atoms with Crippen molar-refractivity contribution >= 4 is 23.4 Å². The van der Waals surface area contributed by atoms with Gasteiger partial charge in [0.2, 0.25) is 5.82 Å². The third-order valence-electron chi connectivity index (χ3n) is 2.83. The normalized spacial score (nSPS) is 11.7. The maximum absolute atomic E-state index is 11.2. The van der Waals surface area contributed by atoms with Crippen LogP contribution in [0.25, 0.3) is 0 Å². The molecule has 0 saturated heterocycles. The number of aliphatic carboxylic acids is 1. The molecule has 4 N–H and O–H groups in total. The molecule has 1 amide bonds. The number of unbranched alkanes of at least 4 members (excludes halogenated alkanes) is 1. The third-order valence-corrected chi connectivity index (χ3v) is 2.83. The maximum Gasteiger partial charge on any atom is 0.326 e. The zero-order chi connectivity index (χ0) is 16.0. The van der Waals surface area contributed by atoms with Crippen LogP contribution in [0.2, 0.25) is 0 Å². The summed E-state index contributed by atoms with van der Waals surface area (Å²) in [4.78, 5) is 36.4. The number of carbonyl (C=O) groups is 2. The lowest BCUT2D eigenvalue weighted by Crippen LogP contribution is -2.30. The predicted molar refractivity (Wildman–Crippen MR) is 74.0 cm³/mol. The first-order valence-electron chi connectivity index (χ1n) is 6.31. The Bertz CT molecular complexity index is 561. The molecule has 9 heteroatoms. The van der Waals surface area contributed by atoms with Gasteiger partial charge >= 0.3 is 11.7 Å². The van der Waals surface area contributed by atoms with Gasteiger partial charge in [0, 0.05) is 6.20 Å². The summed E-state index contributed by atoms with van der Waals surface area (Å²) in [6.45, 7) is 1.90. The number of nitrogens with two attached hydrogens (primary N) is 1. The van der Waals surface area contributed by atoms with E-state index >= 15 is 0 Å². The van der Waals surface area contributed by atoms with Gasteiger partial charge in [-0.25, -0.2) is 9.78 Å². The molecule has 1 unspecified atom stereocenters. The summed E-state index contributed by atoms with van der Waals surface area (Å²) in [5.41, 5.74) is 4.14. The number of nitrogens with one attached hydrogen (secondary N) is 1. The smallest absolute Gasteiger partial charge is 0.326 e. The van der Waals surface area contributed by atoms with E-state index in [0.29, 0.717) is 6.42 Å². The van der Waals surface area contributed by atoms with Gasteiger partial charge in [0.25, 0.3) is 5.91 Å². The van der Waals surface area contributed by atoms with Gasteiger partial charge in [0.15, 0.2) is 0 Å². The van der Waals surface area contributed by atoms with Crippen LogP contribution < -0.4 is 11.1 Å². The van der Waals surface area contributed by atoms with Crippen molar-refractivity contribution in [3.8, 4) is 0 Å². The zero-order valence-electron chi connectivity index (χ0n) is 11.4. The number of carboxylic acids is 1. The number of carboxylic acid groups (broad SMARTS) is 1. The van der Waals surface area contributed by atoms with E-state index in [-0.39, 0.29) is 17.8 Å². The summed E-state index contributed by atoms with van der Waals surface area (Å²) >= 11 is 0. The summed E-state index contributed by atoms with van der Waals surface area (Å²) < 4.78 is 0. The van der Waals surface area contributed by atoms with E-state index in [1.165, 1.54) is 0 Å². The largest absolute Gasteiger partial charge is 0.480 e. The summed E-state index contributed by atoms with van der Waals surface area (Å²) in [5.74, 6) is -2.41. The fourth-order valence-electron chi connectivity index (χ4n) is 1.77. The Labute approximate surface area is 120 Å². The van der Waals surface area contributed by atoms with Crippen LogP contribution in [0.1, 0.15) is 36.5 Å². The third kappa shape index (κ3) is 4.13. The second-order valence-electron chi connectivity index (χ2n) is 4.35. The highest BCUT2D eigenvalue weighted by Gasteiger charge is 2.27. The van der Waals surface area contributed by atoms with E-state index in [1.54, 1.807) is 0 Å². The molecule has 1 heterocycles. The topological polar surface area (TPSA) is 148 Å². The van der Waals surface area contributed by atoms with Gasteiger partial charge in [0.1, 0.15) is 11.6 Å². The van der Waals surface area contributed by atoms with Crippen LogP contribution in [0.4, 0.5) is 11.5 Å². The number of nitro groups is 1. The van der Waals surface area contributed by atoms with Gasteiger partial charge in [-0.1, -0.05) is 19.8 Å². The van der Waals surface area contributed by atoms with E-state index in [4.69, 9.17) is 10.8 Å². The van der Waals surface area contributed by atoms with Crippen molar-refractivity contribution in [3.05, 3.63) is 27.9 Å². The average Bonchev–Trinajstić information content (AvgIpc) is 2.42. The molecule has 0 fully saturated rings. The first-order chi connectivity index (χ1) is 9.88. The lowest BCUT2D eigenvalue weighted by atomic mass is 10.1. The van der Waals surface area contributed by atoms with Crippen LogP contribution >= 0.6 is 0 Å². The van der Waals surface area contributed by atoms with E-state index < -0.39 is 28.5 Å². The number of rotatable bonds is 8. The Morgan fingerprint density at radius 1 is 1.57 bits per heavy atom. The quantitative estimate of drug-likeness (QED) is 0.481. The molecule has 0 aromatic carbocycles. The second-order valence-corrected chi connectivity index (χ2v) is 4.35. The Hall–Kier alpha value is -2.71. The summed E-state index contributed by atoms with van der Waals surface area (Å²) in [6, 6.07) is 0.0901. The number of anilines is 1. The molecule has 0 aliphatic rings. The minimum atomic E-state index is -1.15. The number of nitrogens with zero attached hydrogens (tertiary/aromatic N) is 2. The molecule has 1 aromatic heterocycles. The Balaban J connectivity index is 3.17. The Morgan fingerprint density at radius 2 is 2.24 bits per heavy atom. The second kappa shape index (κ2) is 7.17. The molecule has 1 atom stereocenters. The van der Waals surface area contributed by atoms with Gasteiger partial charge in [-0.3, -0.25) is 14.9 Å². The van der Waals surface area contributed by atoms with Crippen molar-refractivity contribution in [1.82, 2.24) is 4.98 Å². The number of carbonyl (C=O) groups excluding carboxylic acids is 1. The molecule has 1 rings (SSSR count). The summed E-state index contributed by atoms with van der Waals surface area (Å²) in [6.07, 6.45) is 2.86. The first-order valence-corrected chi connectivity index (χ1v) is 6.31. The number of aromatic nitrogens is 1. The van der Waals surface area contributed by atoms with E-state index in [9.17, 15) is 19.7 Å². The molecule has 0 spiro atoms. The molecule has 0 aliphatic carbocycles. The highest BCUT2D eigenvalue weighted by Crippen LogP contribution is 2.27. The molecule has 1 aromatic rings. The van der Waals surface area contributed by atoms with Crippen LogP contribution in [-0.2, 0) is 4.79 Å². The predicted octanol–water partition coefficient (Wildman–Crippen LogP) is 1.14. The molecular weight excluding hydrogens is 280 g/mol. The SMILES string of the molecule is CCCCC(Nc1nccc(C(N)=O)c1[N+](=O)[O-])C(=O)O. The van der Waals surface area contributed by atoms with Gasteiger partial charge in [0.05, 0.1) is 4.92 Å². The van der Waals surface area contributed by atoms with Crippen LogP contribution in [0.3, 0.4) is 0 Å². The van der Waals surface area contributed by atoms with Crippen molar-refractivity contribution in [2.24, 2.45) is 5.73 Å². The minimum Gasteiger partial charge on any atom is -0.480 e. The molecule has 9 nitrogen and oxygen atoms in total.